The predicted molar refractivity (Wildman–Crippen MR) is 57.6 cm³/mol. The Labute approximate surface area is 90.7 Å². The van der Waals surface area contributed by atoms with Crippen molar-refractivity contribution in [2.24, 2.45) is 0 Å². The van der Waals surface area contributed by atoms with Crippen molar-refractivity contribution in [3.63, 3.8) is 0 Å². The number of nitrogens with zero attached hydrogens (tertiary/aromatic N) is 1. The number of urea groups is 1. The lowest BCUT2D eigenvalue weighted by Gasteiger charge is -2.05. The minimum Gasteiger partial charge on any atom is -0.331 e. The minimum atomic E-state index is -0.556. The molecule has 82 valence electrons. The summed E-state index contributed by atoms with van der Waals surface area (Å²) >= 11 is 0. The summed E-state index contributed by atoms with van der Waals surface area (Å²) in [5.41, 5.74) is 0.117. The quantitative estimate of drug-likeness (QED) is 0.726. The number of aromatic amines is 1. The predicted octanol–water partition coefficient (Wildman–Crippen LogP) is 2.19. The summed E-state index contributed by atoms with van der Waals surface area (Å²) in [5, 5.41) is 4.78. The van der Waals surface area contributed by atoms with Gasteiger partial charge in [-0.15, -0.1) is 0 Å². The van der Waals surface area contributed by atoms with Gasteiger partial charge in [-0.1, -0.05) is 12.1 Å². The molecule has 0 aliphatic heterocycles. The first kappa shape index (κ1) is 10.2. The second-order valence-electron chi connectivity index (χ2n) is 3.00. The van der Waals surface area contributed by atoms with E-state index < -0.39 is 11.8 Å². The molecule has 0 saturated carbocycles. The van der Waals surface area contributed by atoms with Crippen molar-refractivity contribution < 1.29 is 9.18 Å². The van der Waals surface area contributed by atoms with Gasteiger partial charge in [0.05, 0.1) is 5.69 Å². The van der Waals surface area contributed by atoms with Gasteiger partial charge in [0.25, 0.3) is 0 Å². The Morgan fingerprint density at radius 3 is 2.81 bits per heavy atom. The maximum absolute atomic E-state index is 13.2. The Morgan fingerprint density at radius 1 is 1.31 bits per heavy atom. The molecule has 2 rings (SSSR count). The van der Waals surface area contributed by atoms with Gasteiger partial charge in [-0.2, -0.15) is 0 Å². The van der Waals surface area contributed by atoms with Crippen LogP contribution in [0.2, 0.25) is 0 Å². The molecule has 5 nitrogen and oxygen atoms in total. The van der Waals surface area contributed by atoms with Crippen molar-refractivity contribution in [3.05, 3.63) is 42.5 Å². The van der Waals surface area contributed by atoms with Crippen molar-refractivity contribution in [2.75, 3.05) is 10.6 Å². The second-order valence-corrected chi connectivity index (χ2v) is 3.00. The number of carbonyl (C=O) groups excluding carboxylic acids is 1. The van der Waals surface area contributed by atoms with Crippen LogP contribution in [0.25, 0.3) is 0 Å². The van der Waals surface area contributed by atoms with Crippen molar-refractivity contribution >= 4 is 17.7 Å². The molecule has 0 unspecified atom stereocenters. The van der Waals surface area contributed by atoms with E-state index in [0.29, 0.717) is 5.95 Å². The van der Waals surface area contributed by atoms with E-state index >= 15 is 0 Å². The van der Waals surface area contributed by atoms with Crippen LogP contribution in [0.4, 0.5) is 20.8 Å². The maximum Gasteiger partial charge on any atom is 0.326 e. The van der Waals surface area contributed by atoms with Gasteiger partial charge in [0.1, 0.15) is 5.82 Å². The third-order valence-corrected chi connectivity index (χ3v) is 1.85. The fourth-order valence-electron chi connectivity index (χ4n) is 1.16. The first-order valence-electron chi connectivity index (χ1n) is 4.57. The molecule has 2 amide bonds. The van der Waals surface area contributed by atoms with Crippen LogP contribution in [0, 0.1) is 5.82 Å². The molecule has 0 saturated heterocycles. The zero-order valence-electron chi connectivity index (χ0n) is 8.20. The molecule has 2 aromatic rings. The fraction of sp³-hybridized carbons (Fsp3) is 0. The summed E-state index contributed by atoms with van der Waals surface area (Å²) in [4.78, 5) is 17.9. The van der Waals surface area contributed by atoms with E-state index in [4.69, 9.17) is 0 Å². The molecule has 1 heterocycles. The van der Waals surface area contributed by atoms with Gasteiger partial charge >= 0.3 is 6.03 Å². The van der Waals surface area contributed by atoms with E-state index in [1.807, 2.05) is 0 Å². The summed E-state index contributed by atoms with van der Waals surface area (Å²) in [6, 6.07) is 5.36. The molecule has 1 aromatic heterocycles. The Kier molecular flexibility index (Phi) is 2.81. The van der Waals surface area contributed by atoms with E-state index in [0.717, 1.165) is 0 Å². The highest BCUT2D eigenvalue weighted by Gasteiger charge is 2.06. The number of hydrogen-bond donors (Lipinski definition) is 3. The van der Waals surface area contributed by atoms with Gasteiger partial charge in [-0.25, -0.2) is 14.2 Å². The van der Waals surface area contributed by atoms with Crippen molar-refractivity contribution in [3.8, 4) is 0 Å². The lowest BCUT2D eigenvalue weighted by atomic mass is 10.3. The summed E-state index contributed by atoms with van der Waals surface area (Å²) in [6.45, 7) is 0. The molecule has 3 N–H and O–H groups in total. The van der Waals surface area contributed by atoms with Crippen molar-refractivity contribution in [1.82, 2.24) is 9.97 Å². The average molecular weight is 220 g/mol. The number of nitrogens with one attached hydrogen (secondary N) is 3. The topological polar surface area (TPSA) is 69.8 Å². The summed E-state index contributed by atoms with van der Waals surface area (Å²) in [6.07, 6.45) is 3.07. The normalized spacial score (nSPS) is 9.81. The van der Waals surface area contributed by atoms with Gasteiger partial charge in [0, 0.05) is 12.4 Å². The monoisotopic (exact) mass is 220 g/mol. The first-order valence-corrected chi connectivity index (χ1v) is 4.57. The largest absolute Gasteiger partial charge is 0.331 e. The Hall–Kier alpha value is -2.37. The van der Waals surface area contributed by atoms with Crippen molar-refractivity contribution in [1.29, 1.82) is 0 Å². The van der Waals surface area contributed by atoms with E-state index in [-0.39, 0.29) is 5.69 Å². The molecule has 6 heteroatoms. The minimum absolute atomic E-state index is 0.117. The highest BCUT2D eigenvalue weighted by atomic mass is 19.1. The molecular weight excluding hydrogens is 211 g/mol. The molecular formula is C10H9FN4O. The SMILES string of the molecule is O=C(Nc1ncc[nH]1)Nc1ccccc1F. The second kappa shape index (κ2) is 4.43. The van der Waals surface area contributed by atoms with Gasteiger partial charge < -0.3 is 10.3 Å². The van der Waals surface area contributed by atoms with Crippen LogP contribution >= 0.6 is 0 Å². The summed E-state index contributed by atoms with van der Waals surface area (Å²) in [5.74, 6) is -0.189. The Balaban J connectivity index is 2.00. The number of H-pyrrole nitrogens is 1. The number of hydrogen-bond acceptors (Lipinski definition) is 2. The number of amides is 2. The Bertz CT molecular complexity index is 483. The van der Waals surface area contributed by atoms with Gasteiger partial charge in [-0.05, 0) is 12.1 Å². The van der Waals surface area contributed by atoms with Crippen molar-refractivity contribution in [2.45, 2.75) is 0 Å². The van der Waals surface area contributed by atoms with E-state index in [1.165, 1.54) is 18.3 Å². The van der Waals surface area contributed by atoms with Crippen LogP contribution in [0.5, 0.6) is 0 Å². The molecule has 0 atom stereocenters. The molecule has 1 aromatic carbocycles. The molecule has 0 aliphatic carbocycles. The number of halogens is 1. The molecule has 0 fully saturated rings. The number of anilines is 2. The highest BCUT2D eigenvalue weighted by Crippen LogP contribution is 2.12. The summed E-state index contributed by atoms with van der Waals surface area (Å²) < 4.78 is 13.2. The van der Waals surface area contributed by atoms with Crippen LogP contribution in [0.15, 0.2) is 36.7 Å². The molecule has 0 bridgehead atoms. The van der Waals surface area contributed by atoms with Crippen LogP contribution in [-0.2, 0) is 0 Å². The molecule has 0 aliphatic rings. The fourth-order valence-corrected chi connectivity index (χ4v) is 1.16. The van der Waals surface area contributed by atoms with E-state index in [2.05, 4.69) is 20.6 Å². The maximum atomic E-state index is 13.2. The number of aromatic nitrogens is 2. The van der Waals surface area contributed by atoms with Gasteiger partial charge in [0.15, 0.2) is 0 Å². The number of para-hydroxylation sites is 1. The van der Waals surface area contributed by atoms with Gasteiger partial charge in [-0.3, -0.25) is 5.32 Å². The third kappa shape index (κ3) is 2.35. The summed E-state index contributed by atoms with van der Waals surface area (Å²) in [7, 11) is 0. The van der Waals surface area contributed by atoms with Crippen LogP contribution in [0.3, 0.4) is 0 Å². The van der Waals surface area contributed by atoms with Crippen LogP contribution < -0.4 is 10.6 Å². The van der Waals surface area contributed by atoms with E-state index in [9.17, 15) is 9.18 Å². The molecule has 0 spiro atoms. The third-order valence-electron chi connectivity index (χ3n) is 1.85. The lowest BCUT2D eigenvalue weighted by Crippen LogP contribution is -2.20. The first-order chi connectivity index (χ1) is 7.75. The number of imidazole rings is 1. The molecule has 0 radical (unpaired) electrons. The molecule has 16 heavy (non-hydrogen) atoms. The smallest absolute Gasteiger partial charge is 0.326 e. The lowest BCUT2D eigenvalue weighted by molar-refractivity contribution is 0.262. The number of rotatable bonds is 2. The van der Waals surface area contributed by atoms with Crippen LogP contribution in [-0.4, -0.2) is 16.0 Å². The van der Waals surface area contributed by atoms with Gasteiger partial charge in [0.2, 0.25) is 5.95 Å². The zero-order chi connectivity index (χ0) is 11.4. The number of carbonyl (C=O) groups is 1. The highest BCUT2D eigenvalue weighted by molar-refractivity contribution is 5.98. The average Bonchev–Trinajstić information content (AvgIpc) is 2.74. The zero-order valence-corrected chi connectivity index (χ0v) is 8.20. The Morgan fingerprint density at radius 2 is 2.12 bits per heavy atom. The van der Waals surface area contributed by atoms with E-state index in [1.54, 1.807) is 18.3 Å². The van der Waals surface area contributed by atoms with Crippen LogP contribution in [0.1, 0.15) is 0 Å². The number of benzene rings is 1. The standard InChI is InChI=1S/C10H9FN4O/c11-7-3-1-2-4-8(7)14-10(16)15-9-12-5-6-13-9/h1-6H,(H3,12,13,14,15,16).